The Bertz CT molecular complexity index is 438. The second-order valence-corrected chi connectivity index (χ2v) is 6.23. The minimum atomic E-state index is 0.710. The lowest BCUT2D eigenvalue weighted by molar-refractivity contribution is 0.270. The standard InChI is InChI=1S/C16H29N5/c1-5-20-8-10-21(11-9-20)16-18-14(4)12-15(19-16)17-7-6-13(2)3/h12-13H,5-11H2,1-4H3,(H,17,18,19). The van der Waals surface area contributed by atoms with Gasteiger partial charge in [-0.3, -0.25) is 0 Å². The van der Waals surface area contributed by atoms with Crippen molar-refractivity contribution in [2.75, 3.05) is 49.5 Å². The topological polar surface area (TPSA) is 44.3 Å². The number of rotatable bonds is 6. The van der Waals surface area contributed by atoms with Crippen molar-refractivity contribution in [1.29, 1.82) is 0 Å². The van der Waals surface area contributed by atoms with Crippen LogP contribution in [0.4, 0.5) is 11.8 Å². The maximum Gasteiger partial charge on any atom is 0.227 e. The van der Waals surface area contributed by atoms with Crippen molar-refractivity contribution in [1.82, 2.24) is 14.9 Å². The van der Waals surface area contributed by atoms with Crippen LogP contribution in [-0.4, -0.2) is 54.1 Å². The second kappa shape index (κ2) is 7.59. The summed E-state index contributed by atoms with van der Waals surface area (Å²) >= 11 is 0. The molecule has 5 heteroatoms. The molecule has 1 saturated heterocycles. The molecule has 118 valence electrons. The average molecular weight is 291 g/mol. The normalized spacial score (nSPS) is 16.5. The molecule has 0 unspecified atom stereocenters. The highest BCUT2D eigenvalue weighted by Crippen LogP contribution is 2.16. The number of hydrogen-bond donors (Lipinski definition) is 1. The predicted octanol–water partition coefficient (Wildman–Crippen LogP) is 2.38. The summed E-state index contributed by atoms with van der Waals surface area (Å²) in [7, 11) is 0. The largest absolute Gasteiger partial charge is 0.370 e. The first-order valence-corrected chi connectivity index (χ1v) is 8.15. The van der Waals surface area contributed by atoms with Crippen LogP contribution in [0.5, 0.6) is 0 Å². The van der Waals surface area contributed by atoms with E-state index in [0.717, 1.165) is 63.1 Å². The van der Waals surface area contributed by atoms with Crippen LogP contribution in [0.15, 0.2) is 6.07 Å². The van der Waals surface area contributed by atoms with Crippen molar-refractivity contribution in [3.8, 4) is 0 Å². The van der Waals surface area contributed by atoms with Crippen LogP contribution < -0.4 is 10.2 Å². The van der Waals surface area contributed by atoms with Gasteiger partial charge in [0.2, 0.25) is 5.95 Å². The van der Waals surface area contributed by atoms with Crippen LogP contribution >= 0.6 is 0 Å². The fourth-order valence-electron chi connectivity index (χ4n) is 2.54. The quantitative estimate of drug-likeness (QED) is 0.872. The van der Waals surface area contributed by atoms with Gasteiger partial charge in [-0.05, 0) is 25.8 Å². The molecule has 0 radical (unpaired) electrons. The van der Waals surface area contributed by atoms with Crippen LogP contribution in [0.25, 0.3) is 0 Å². The third-order valence-electron chi connectivity index (χ3n) is 3.97. The Morgan fingerprint density at radius 1 is 1.19 bits per heavy atom. The Morgan fingerprint density at radius 3 is 2.52 bits per heavy atom. The number of piperazine rings is 1. The smallest absolute Gasteiger partial charge is 0.227 e. The number of anilines is 2. The van der Waals surface area contributed by atoms with Crippen molar-refractivity contribution in [3.05, 3.63) is 11.8 Å². The Hall–Kier alpha value is -1.36. The Morgan fingerprint density at radius 2 is 1.90 bits per heavy atom. The lowest BCUT2D eigenvalue weighted by Gasteiger charge is -2.34. The maximum atomic E-state index is 4.69. The SMILES string of the molecule is CCN1CCN(c2nc(C)cc(NCCC(C)C)n2)CC1. The molecular formula is C16H29N5. The van der Waals surface area contributed by atoms with E-state index in [0.29, 0.717) is 5.92 Å². The Balaban J connectivity index is 1.98. The van der Waals surface area contributed by atoms with E-state index in [1.165, 1.54) is 0 Å². The van der Waals surface area contributed by atoms with E-state index >= 15 is 0 Å². The molecule has 2 heterocycles. The van der Waals surface area contributed by atoms with Crippen molar-refractivity contribution in [2.45, 2.75) is 34.1 Å². The number of nitrogens with one attached hydrogen (secondary N) is 1. The predicted molar refractivity (Wildman–Crippen MR) is 89.0 cm³/mol. The van der Waals surface area contributed by atoms with Crippen molar-refractivity contribution >= 4 is 11.8 Å². The third-order valence-corrected chi connectivity index (χ3v) is 3.97. The Kier molecular flexibility index (Phi) is 5.79. The van der Waals surface area contributed by atoms with Gasteiger partial charge in [0.05, 0.1) is 0 Å². The minimum absolute atomic E-state index is 0.710. The van der Waals surface area contributed by atoms with E-state index < -0.39 is 0 Å². The second-order valence-electron chi connectivity index (χ2n) is 6.23. The summed E-state index contributed by atoms with van der Waals surface area (Å²) in [6.45, 7) is 15.1. The van der Waals surface area contributed by atoms with Crippen LogP contribution in [0.2, 0.25) is 0 Å². The summed E-state index contributed by atoms with van der Waals surface area (Å²) in [5, 5.41) is 3.43. The number of aromatic nitrogens is 2. The van der Waals surface area contributed by atoms with Crippen LogP contribution in [-0.2, 0) is 0 Å². The molecule has 0 atom stereocenters. The fourth-order valence-corrected chi connectivity index (χ4v) is 2.54. The summed E-state index contributed by atoms with van der Waals surface area (Å²) in [6, 6.07) is 2.03. The van der Waals surface area contributed by atoms with Gasteiger partial charge in [0, 0.05) is 44.5 Å². The van der Waals surface area contributed by atoms with Gasteiger partial charge in [-0.25, -0.2) is 4.98 Å². The summed E-state index contributed by atoms with van der Waals surface area (Å²) in [5.74, 6) is 2.54. The molecule has 21 heavy (non-hydrogen) atoms. The van der Waals surface area contributed by atoms with E-state index in [-0.39, 0.29) is 0 Å². The molecule has 1 aromatic rings. The molecular weight excluding hydrogens is 262 g/mol. The van der Waals surface area contributed by atoms with E-state index in [2.05, 4.69) is 40.9 Å². The van der Waals surface area contributed by atoms with E-state index in [4.69, 9.17) is 4.98 Å². The van der Waals surface area contributed by atoms with Crippen molar-refractivity contribution in [3.63, 3.8) is 0 Å². The highest BCUT2D eigenvalue weighted by atomic mass is 15.3. The zero-order valence-corrected chi connectivity index (χ0v) is 13.9. The monoisotopic (exact) mass is 291 g/mol. The molecule has 1 N–H and O–H groups in total. The fraction of sp³-hybridized carbons (Fsp3) is 0.750. The molecule has 0 aliphatic carbocycles. The molecule has 5 nitrogen and oxygen atoms in total. The average Bonchev–Trinajstić information content (AvgIpc) is 2.46. The van der Waals surface area contributed by atoms with Gasteiger partial charge in [0.15, 0.2) is 0 Å². The molecule has 1 aromatic heterocycles. The molecule has 1 fully saturated rings. The van der Waals surface area contributed by atoms with Gasteiger partial charge in [-0.2, -0.15) is 4.98 Å². The van der Waals surface area contributed by atoms with Gasteiger partial charge in [-0.1, -0.05) is 20.8 Å². The Labute approximate surface area is 128 Å². The van der Waals surface area contributed by atoms with Gasteiger partial charge < -0.3 is 15.1 Å². The molecule has 0 bridgehead atoms. The van der Waals surface area contributed by atoms with Crippen molar-refractivity contribution in [2.24, 2.45) is 5.92 Å². The van der Waals surface area contributed by atoms with Crippen LogP contribution in [0.3, 0.4) is 0 Å². The van der Waals surface area contributed by atoms with Gasteiger partial charge in [0.25, 0.3) is 0 Å². The lowest BCUT2D eigenvalue weighted by atomic mass is 10.1. The van der Waals surface area contributed by atoms with Gasteiger partial charge in [0.1, 0.15) is 5.82 Å². The summed E-state index contributed by atoms with van der Waals surface area (Å²) in [4.78, 5) is 14.1. The number of nitrogens with zero attached hydrogens (tertiary/aromatic N) is 4. The van der Waals surface area contributed by atoms with E-state index in [9.17, 15) is 0 Å². The molecule has 1 aliphatic rings. The maximum absolute atomic E-state index is 4.69. The van der Waals surface area contributed by atoms with Crippen LogP contribution in [0.1, 0.15) is 32.9 Å². The first kappa shape index (κ1) is 16.0. The first-order chi connectivity index (χ1) is 10.1. The molecule has 0 aromatic carbocycles. The summed E-state index contributed by atoms with van der Waals surface area (Å²) in [6.07, 6.45) is 1.16. The van der Waals surface area contributed by atoms with Gasteiger partial charge >= 0.3 is 0 Å². The van der Waals surface area contributed by atoms with Crippen molar-refractivity contribution < 1.29 is 0 Å². The zero-order chi connectivity index (χ0) is 15.2. The number of aryl methyl sites for hydroxylation is 1. The third kappa shape index (κ3) is 4.84. The molecule has 0 saturated carbocycles. The minimum Gasteiger partial charge on any atom is -0.370 e. The molecule has 0 spiro atoms. The number of hydrogen-bond acceptors (Lipinski definition) is 5. The molecule has 0 amide bonds. The zero-order valence-electron chi connectivity index (χ0n) is 13.9. The van der Waals surface area contributed by atoms with E-state index in [1.807, 2.05) is 13.0 Å². The highest BCUT2D eigenvalue weighted by molar-refractivity contribution is 5.43. The summed E-state index contributed by atoms with van der Waals surface area (Å²) < 4.78 is 0. The summed E-state index contributed by atoms with van der Waals surface area (Å²) in [5.41, 5.74) is 1.03. The number of likely N-dealkylation sites (N-methyl/N-ethyl adjacent to an activating group) is 1. The molecule has 2 rings (SSSR count). The molecule has 1 aliphatic heterocycles. The first-order valence-electron chi connectivity index (χ1n) is 8.15. The van der Waals surface area contributed by atoms with Crippen LogP contribution in [0, 0.1) is 12.8 Å². The van der Waals surface area contributed by atoms with Gasteiger partial charge in [-0.15, -0.1) is 0 Å². The van der Waals surface area contributed by atoms with E-state index in [1.54, 1.807) is 0 Å². The lowest BCUT2D eigenvalue weighted by Crippen LogP contribution is -2.46. The highest BCUT2D eigenvalue weighted by Gasteiger charge is 2.18.